The van der Waals surface area contributed by atoms with Crippen LogP contribution in [0.25, 0.3) is 22.5 Å². The number of aryl methyl sites for hydroxylation is 1. The number of carbonyl (C=O) groups excluding carboxylic acids is 1. The van der Waals surface area contributed by atoms with Crippen LogP contribution < -0.4 is 15.4 Å². The van der Waals surface area contributed by atoms with Crippen LogP contribution in [-0.2, 0) is 4.79 Å². The number of hydrogen-bond acceptors (Lipinski definition) is 5. The molecule has 4 rings (SSSR count). The molecule has 0 aliphatic carbocycles. The summed E-state index contributed by atoms with van der Waals surface area (Å²) < 4.78 is 5.25. The highest BCUT2D eigenvalue weighted by Crippen LogP contribution is 2.27. The second-order valence-corrected chi connectivity index (χ2v) is 8.41. The van der Waals surface area contributed by atoms with Crippen LogP contribution in [0.1, 0.15) is 5.56 Å². The summed E-state index contributed by atoms with van der Waals surface area (Å²) in [5, 5.41) is 7.11. The number of methoxy groups -OCH3 is 1. The van der Waals surface area contributed by atoms with Crippen molar-refractivity contribution in [1.29, 1.82) is 0 Å². The van der Waals surface area contributed by atoms with E-state index in [0.29, 0.717) is 21.4 Å². The van der Waals surface area contributed by atoms with Crippen LogP contribution in [0, 0.1) is 6.92 Å². The highest BCUT2D eigenvalue weighted by Gasteiger charge is 2.12. The van der Waals surface area contributed by atoms with Gasteiger partial charge in [0.25, 0.3) is 0 Å². The van der Waals surface area contributed by atoms with Crippen molar-refractivity contribution in [2.45, 2.75) is 6.92 Å². The lowest BCUT2D eigenvalue weighted by atomic mass is 10.1. The van der Waals surface area contributed by atoms with Crippen molar-refractivity contribution < 1.29 is 9.53 Å². The Morgan fingerprint density at radius 1 is 0.882 bits per heavy atom. The maximum Gasteiger partial charge on any atom is 0.246 e. The molecular weight excluding hydrogens is 471 g/mol. The standard InChI is InChI=1S/C26H22Cl2N4O2/c1-16-3-10-20(13-22(16)28)29-15-25(33)32-26-30-23(17-4-8-19(27)9-5-17)14-24(31-26)18-6-11-21(34-2)12-7-18/h3-14,29H,15H2,1-2H3,(H,30,31,32,33). The quantitative estimate of drug-likeness (QED) is 0.308. The van der Waals surface area contributed by atoms with Gasteiger partial charge in [-0.25, -0.2) is 9.97 Å². The van der Waals surface area contributed by atoms with Gasteiger partial charge in [0.15, 0.2) is 0 Å². The van der Waals surface area contributed by atoms with E-state index in [1.54, 1.807) is 25.3 Å². The third-order valence-electron chi connectivity index (χ3n) is 5.13. The lowest BCUT2D eigenvalue weighted by Gasteiger charge is -2.11. The topological polar surface area (TPSA) is 76.1 Å². The van der Waals surface area contributed by atoms with E-state index in [9.17, 15) is 4.79 Å². The van der Waals surface area contributed by atoms with E-state index in [-0.39, 0.29) is 18.4 Å². The Morgan fingerprint density at radius 3 is 2.09 bits per heavy atom. The molecule has 0 saturated carbocycles. The van der Waals surface area contributed by atoms with Crippen LogP contribution in [0.5, 0.6) is 5.75 Å². The van der Waals surface area contributed by atoms with Crippen LogP contribution in [-0.4, -0.2) is 29.5 Å². The molecule has 2 N–H and O–H groups in total. The molecule has 0 atom stereocenters. The first-order valence-corrected chi connectivity index (χ1v) is 11.3. The summed E-state index contributed by atoms with van der Waals surface area (Å²) in [6, 6.07) is 22.3. The van der Waals surface area contributed by atoms with Crippen LogP contribution in [0.4, 0.5) is 11.6 Å². The maximum absolute atomic E-state index is 12.6. The molecular formula is C26H22Cl2N4O2. The number of nitrogens with one attached hydrogen (secondary N) is 2. The van der Waals surface area contributed by atoms with Gasteiger partial charge >= 0.3 is 0 Å². The molecule has 0 fully saturated rings. The van der Waals surface area contributed by atoms with E-state index in [2.05, 4.69) is 20.6 Å². The molecule has 0 aliphatic rings. The van der Waals surface area contributed by atoms with E-state index < -0.39 is 0 Å². The fourth-order valence-corrected chi connectivity index (χ4v) is 3.54. The van der Waals surface area contributed by atoms with Crippen LogP contribution in [0.15, 0.2) is 72.8 Å². The summed E-state index contributed by atoms with van der Waals surface area (Å²) in [7, 11) is 1.62. The Kier molecular flexibility index (Phi) is 7.30. The SMILES string of the molecule is COc1ccc(-c2cc(-c3ccc(Cl)cc3)nc(NC(=O)CNc3ccc(C)c(Cl)c3)n2)cc1. The van der Waals surface area contributed by atoms with Gasteiger partial charge in [0.2, 0.25) is 11.9 Å². The van der Waals surface area contributed by atoms with Gasteiger partial charge in [0, 0.05) is 26.9 Å². The summed E-state index contributed by atoms with van der Waals surface area (Å²) in [5.74, 6) is 0.657. The number of amides is 1. The molecule has 0 saturated heterocycles. The summed E-state index contributed by atoms with van der Waals surface area (Å²) >= 11 is 12.2. The maximum atomic E-state index is 12.6. The zero-order valence-electron chi connectivity index (χ0n) is 18.6. The minimum atomic E-state index is -0.286. The second-order valence-electron chi connectivity index (χ2n) is 7.56. The number of ether oxygens (including phenoxy) is 1. The number of hydrogen-bond donors (Lipinski definition) is 2. The number of rotatable bonds is 7. The number of benzene rings is 3. The van der Waals surface area contributed by atoms with Gasteiger partial charge in [-0.1, -0.05) is 41.4 Å². The smallest absolute Gasteiger partial charge is 0.246 e. The number of aromatic nitrogens is 2. The van der Waals surface area contributed by atoms with E-state index in [1.807, 2.05) is 61.5 Å². The molecule has 0 unspecified atom stereocenters. The average molecular weight is 493 g/mol. The molecule has 8 heteroatoms. The lowest BCUT2D eigenvalue weighted by molar-refractivity contribution is -0.114. The van der Waals surface area contributed by atoms with Gasteiger partial charge in [0.1, 0.15) is 5.75 Å². The van der Waals surface area contributed by atoms with Crippen molar-refractivity contribution in [2.75, 3.05) is 24.3 Å². The molecule has 4 aromatic rings. The summed E-state index contributed by atoms with van der Waals surface area (Å²) in [4.78, 5) is 21.8. The fourth-order valence-electron chi connectivity index (χ4n) is 3.24. The van der Waals surface area contributed by atoms with Crippen molar-refractivity contribution in [3.05, 3.63) is 88.4 Å². The zero-order chi connectivity index (χ0) is 24.1. The predicted octanol–water partition coefficient (Wildman–Crippen LogP) is 6.49. The average Bonchev–Trinajstić information content (AvgIpc) is 2.85. The van der Waals surface area contributed by atoms with Crippen molar-refractivity contribution in [1.82, 2.24) is 9.97 Å². The van der Waals surface area contributed by atoms with Crippen molar-refractivity contribution in [2.24, 2.45) is 0 Å². The first-order valence-electron chi connectivity index (χ1n) is 10.5. The number of halogens is 2. The normalized spacial score (nSPS) is 10.6. The van der Waals surface area contributed by atoms with Gasteiger partial charge in [-0.2, -0.15) is 0 Å². The monoisotopic (exact) mass is 492 g/mol. The van der Waals surface area contributed by atoms with E-state index >= 15 is 0 Å². The van der Waals surface area contributed by atoms with Crippen molar-refractivity contribution in [3.8, 4) is 28.3 Å². The number of anilines is 2. The molecule has 0 aliphatic heterocycles. The molecule has 172 valence electrons. The molecule has 0 bridgehead atoms. The minimum Gasteiger partial charge on any atom is -0.497 e. The molecule has 0 radical (unpaired) electrons. The van der Waals surface area contributed by atoms with Crippen molar-refractivity contribution >= 4 is 40.7 Å². The number of carbonyl (C=O) groups is 1. The number of nitrogens with zero attached hydrogens (tertiary/aromatic N) is 2. The first kappa shape index (κ1) is 23.5. The molecule has 1 heterocycles. The third kappa shape index (κ3) is 5.84. The van der Waals surface area contributed by atoms with E-state index in [0.717, 1.165) is 28.1 Å². The Labute approximate surface area is 207 Å². The third-order valence-corrected chi connectivity index (χ3v) is 5.79. The largest absolute Gasteiger partial charge is 0.497 e. The lowest BCUT2D eigenvalue weighted by Crippen LogP contribution is -2.23. The zero-order valence-corrected chi connectivity index (χ0v) is 20.1. The molecule has 1 amide bonds. The Hall–Kier alpha value is -3.61. The summed E-state index contributed by atoms with van der Waals surface area (Å²) in [6.07, 6.45) is 0. The Bertz CT molecular complexity index is 1310. The van der Waals surface area contributed by atoms with Crippen LogP contribution >= 0.6 is 23.2 Å². The van der Waals surface area contributed by atoms with Gasteiger partial charge in [-0.15, -0.1) is 0 Å². The molecule has 6 nitrogen and oxygen atoms in total. The summed E-state index contributed by atoms with van der Waals surface area (Å²) in [5.41, 5.74) is 4.75. The molecule has 34 heavy (non-hydrogen) atoms. The summed E-state index contributed by atoms with van der Waals surface area (Å²) in [6.45, 7) is 1.95. The van der Waals surface area contributed by atoms with Gasteiger partial charge < -0.3 is 10.1 Å². The molecule has 0 spiro atoms. The second kappa shape index (κ2) is 10.5. The predicted molar refractivity (Wildman–Crippen MR) is 138 cm³/mol. The van der Waals surface area contributed by atoms with Gasteiger partial charge in [0.05, 0.1) is 25.0 Å². The van der Waals surface area contributed by atoms with Crippen LogP contribution in [0.3, 0.4) is 0 Å². The molecule has 1 aromatic heterocycles. The first-order chi connectivity index (χ1) is 16.4. The highest BCUT2D eigenvalue weighted by molar-refractivity contribution is 6.31. The van der Waals surface area contributed by atoms with Crippen molar-refractivity contribution in [3.63, 3.8) is 0 Å². The fraction of sp³-hybridized carbons (Fsp3) is 0.115. The van der Waals surface area contributed by atoms with Gasteiger partial charge in [-0.05, 0) is 67.1 Å². The van der Waals surface area contributed by atoms with E-state index in [1.165, 1.54) is 0 Å². The van der Waals surface area contributed by atoms with Crippen LogP contribution in [0.2, 0.25) is 10.0 Å². The van der Waals surface area contributed by atoms with Gasteiger partial charge in [-0.3, -0.25) is 10.1 Å². The highest BCUT2D eigenvalue weighted by atomic mass is 35.5. The minimum absolute atomic E-state index is 0.0335. The Balaban J connectivity index is 1.59. The van der Waals surface area contributed by atoms with E-state index in [4.69, 9.17) is 27.9 Å². The molecule has 3 aromatic carbocycles. The Morgan fingerprint density at radius 2 is 1.50 bits per heavy atom.